The molecule has 0 aromatic carbocycles. The summed E-state index contributed by atoms with van der Waals surface area (Å²) in [5.74, 6) is 1.65. The van der Waals surface area contributed by atoms with Gasteiger partial charge in [0.1, 0.15) is 0 Å². The van der Waals surface area contributed by atoms with E-state index in [1.807, 2.05) is 7.05 Å². The minimum atomic E-state index is 0.158. The lowest BCUT2D eigenvalue weighted by Gasteiger charge is -2.31. The van der Waals surface area contributed by atoms with Gasteiger partial charge in [0.25, 0.3) is 0 Å². The molecule has 4 heteroatoms. The maximum Gasteiger partial charge on any atom is 0.224 e. The Kier molecular flexibility index (Phi) is 7.39. The molecular formula is C15H30N2O2. The number of nitrogens with zero attached hydrogens (tertiary/aromatic N) is 1. The minimum Gasteiger partial charge on any atom is -0.378 e. The molecule has 2 N–H and O–H groups in total. The van der Waals surface area contributed by atoms with E-state index in [0.29, 0.717) is 25.7 Å². The van der Waals surface area contributed by atoms with Gasteiger partial charge in [0.2, 0.25) is 5.91 Å². The second kappa shape index (κ2) is 8.54. The van der Waals surface area contributed by atoms with Crippen LogP contribution in [-0.4, -0.2) is 43.7 Å². The van der Waals surface area contributed by atoms with E-state index in [1.54, 1.807) is 4.90 Å². The van der Waals surface area contributed by atoms with Crippen LogP contribution in [0.25, 0.3) is 0 Å². The van der Waals surface area contributed by atoms with Gasteiger partial charge in [-0.05, 0) is 44.1 Å². The van der Waals surface area contributed by atoms with Gasteiger partial charge in [0.05, 0.1) is 19.1 Å². The molecule has 112 valence electrons. The predicted molar refractivity (Wildman–Crippen MR) is 77.8 cm³/mol. The molecule has 0 saturated heterocycles. The van der Waals surface area contributed by atoms with Crippen molar-refractivity contribution in [3.05, 3.63) is 0 Å². The van der Waals surface area contributed by atoms with E-state index in [2.05, 4.69) is 13.8 Å². The van der Waals surface area contributed by atoms with Crippen molar-refractivity contribution in [3.63, 3.8) is 0 Å². The van der Waals surface area contributed by atoms with E-state index in [9.17, 15) is 4.79 Å². The summed E-state index contributed by atoms with van der Waals surface area (Å²) in [4.78, 5) is 13.6. The van der Waals surface area contributed by atoms with Crippen LogP contribution in [0.5, 0.6) is 0 Å². The molecule has 0 aromatic rings. The Labute approximate surface area is 117 Å². The van der Waals surface area contributed by atoms with Crippen molar-refractivity contribution in [1.82, 2.24) is 4.90 Å². The molecule has 0 aromatic heterocycles. The molecule has 1 aliphatic carbocycles. The van der Waals surface area contributed by atoms with Crippen molar-refractivity contribution in [2.24, 2.45) is 17.6 Å². The molecule has 19 heavy (non-hydrogen) atoms. The summed E-state index contributed by atoms with van der Waals surface area (Å²) in [5, 5.41) is 0. The highest BCUT2D eigenvalue weighted by atomic mass is 16.5. The lowest BCUT2D eigenvalue weighted by molar-refractivity contribution is -0.131. The third-order valence-corrected chi connectivity index (χ3v) is 3.93. The van der Waals surface area contributed by atoms with Gasteiger partial charge < -0.3 is 15.4 Å². The molecule has 0 aliphatic heterocycles. The van der Waals surface area contributed by atoms with Crippen LogP contribution >= 0.6 is 0 Å². The van der Waals surface area contributed by atoms with Crippen LogP contribution in [0.3, 0.4) is 0 Å². The summed E-state index contributed by atoms with van der Waals surface area (Å²) < 4.78 is 5.88. The number of hydrogen-bond donors (Lipinski definition) is 1. The van der Waals surface area contributed by atoms with Gasteiger partial charge >= 0.3 is 0 Å². The smallest absolute Gasteiger partial charge is 0.224 e. The normalized spacial score (nSPS) is 27.3. The Balaban J connectivity index is 2.17. The fourth-order valence-corrected chi connectivity index (χ4v) is 2.97. The van der Waals surface area contributed by atoms with Crippen LogP contribution in [0.15, 0.2) is 0 Å². The van der Waals surface area contributed by atoms with Gasteiger partial charge in [-0.2, -0.15) is 0 Å². The van der Waals surface area contributed by atoms with Crippen LogP contribution in [0.4, 0.5) is 0 Å². The average Bonchev–Trinajstić information content (AvgIpc) is 2.34. The van der Waals surface area contributed by atoms with E-state index >= 15 is 0 Å². The van der Waals surface area contributed by atoms with E-state index in [0.717, 1.165) is 37.6 Å². The molecule has 2 atom stereocenters. The fraction of sp³-hybridized carbons (Fsp3) is 0.933. The number of carbonyl (C=O) groups is 1. The first-order chi connectivity index (χ1) is 9.02. The van der Waals surface area contributed by atoms with Gasteiger partial charge in [-0.15, -0.1) is 0 Å². The fourth-order valence-electron chi connectivity index (χ4n) is 2.97. The summed E-state index contributed by atoms with van der Waals surface area (Å²) >= 11 is 0. The first-order valence-electron chi connectivity index (χ1n) is 7.58. The molecule has 4 nitrogen and oxygen atoms in total. The van der Waals surface area contributed by atoms with Crippen LogP contribution < -0.4 is 5.73 Å². The number of rotatable bonds is 7. The average molecular weight is 270 g/mol. The van der Waals surface area contributed by atoms with Crippen molar-refractivity contribution in [3.8, 4) is 0 Å². The first kappa shape index (κ1) is 16.4. The predicted octanol–water partition coefficient (Wildman–Crippen LogP) is 2.02. The number of nitrogens with two attached hydrogens (primary N) is 1. The Morgan fingerprint density at radius 3 is 2.47 bits per heavy atom. The number of hydrogen-bond acceptors (Lipinski definition) is 3. The van der Waals surface area contributed by atoms with Crippen LogP contribution in [0.1, 0.15) is 46.0 Å². The molecule has 0 heterocycles. The molecule has 1 rings (SSSR count). The third kappa shape index (κ3) is 6.39. The second-order valence-corrected chi connectivity index (χ2v) is 6.12. The lowest BCUT2D eigenvalue weighted by Crippen LogP contribution is -2.31. The quantitative estimate of drug-likeness (QED) is 0.770. The molecule has 2 unspecified atom stereocenters. The SMILES string of the molecule is CC1CC(C)CC(OCCC(=O)N(C)CCCN)C1. The van der Waals surface area contributed by atoms with Crippen molar-refractivity contribution in [2.75, 3.05) is 26.7 Å². The van der Waals surface area contributed by atoms with E-state index in [1.165, 1.54) is 6.42 Å². The van der Waals surface area contributed by atoms with Crippen LogP contribution in [0.2, 0.25) is 0 Å². The highest BCUT2D eigenvalue weighted by molar-refractivity contribution is 5.75. The molecule has 1 amide bonds. The highest BCUT2D eigenvalue weighted by Gasteiger charge is 2.24. The van der Waals surface area contributed by atoms with Gasteiger partial charge in [-0.25, -0.2) is 0 Å². The zero-order chi connectivity index (χ0) is 14.3. The van der Waals surface area contributed by atoms with Crippen molar-refractivity contribution < 1.29 is 9.53 Å². The number of amides is 1. The van der Waals surface area contributed by atoms with Gasteiger partial charge in [0.15, 0.2) is 0 Å². The standard InChI is InChI=1S/C15H30N2O2/c1-12-9-13(2)11-14(10-12)19-8-5-15(18)17(3)7-4-6-16/h12-14H,4-11,16H2,1-3H3. The minimum absolute atomic E-state index is 0.158. The largest absolute Gasteiger partial charge is 0.378 e. The Hall–Kier alpha value is -0.610. The zero-order valence-electron chi connectivity index (χ0n) is 12.7. The molecule has 1 aliphatic rings. The summed E-state index contributed by atoms with van der Waals surface area (Å²) in [7, 11) is 1.84. The summed E-state index contributed by atoms with van der Waals surface area (Å²) in [6, 6.07) is 0. The molecule has 0 spiro atoms. The Morgan fingerprint density at radius 1 is 1.26 bits per heavy atom. The maximum atomic E-state index is 11.8. The lowest BCUT2D eigenvalue weighted by atomic mass is 9.82. The summed E-state index contributed by atoms with van der Waals surface area (Å²) in [6.07, 6.45) is 5.28. The molecular weight excluding hydrogens is 240 g/mol. The van der Waals surface area contributed by atoms with E-state index in [4.69, 9.17) is 10.5 Å². The molecule has 1 fully saturated rings. The maximum absolute atomic E-state index is 11.8. The zero-order valence-corrected chi connectivity index (χ0v) is 12.7. The van der Waals surface area contributed by atoms with Crippen LogP contribution in [0, 0.1) is 11.8 Å². The van der Waals surface area contributed by atoms with Gasteiger partial charge in [0, 0.05) is 13.6 Å². The van der Waals surface area contributed by atoms with E-state index in [-0.39, 0.29) is 5.91 Å². The summed E-state index contributed by atoms with van der Waals surface area (Å²) in [5.41, 5.74) is 5.44. The van der Waals surface area contributed by atoms with Crippen molar-refractivity contribution in [2.45, 2.75) is 52.1 Å². The van der Waals surface area contributed by atoms with Crippen molar-refractivity contribution in [1.29, 1.82) is 0 Å². The number of ether oxygens (including phenoxy) is 1. The third-order valence-electron chi connectivity index (χ3n) is 3.93. The Morgan fingerprint density at radius 2 is 1.89 bits per heavy atom. The van der Waals surface area contributed by atoms with E-state index < -0.39 is 0 Å². The second-order valence-electron chi connectivity index (χ2n) is 6.12. The molecule has 1 saturated carbocycles. The van der Waals surface area contributed by atoms with Crippen molar-refractivity contribution >= 4 is 5.91 Å². The molecule has 0 bridgehead atoms. The van der Waals surface area contributed by atoms with Gasteiger partial charge in [-0.1, -0.05) is 13.8 Å². The highest BCUT2D eigenvalue weighted by Crippen LogP contribution is 2.30. The van der Waals surface area contributed by atoms with Gasteiger partial charge in [-0.3, -0.25) is 4.79 Å². The summed E-state index contributed by atoms with van der Waals surface area (Å²) in [6.45, 7) is 6.50. The number of carbonyl (C=O) groups excluding carboxylic acids is 1. The molecule has 0 radical (unpaired) electrons. The monoisotopic (exact) mass is 270 g/mol. The van der Waals surface area contributed by atoms with Crippen LogP contribution in [-0.2, 0) is 9.53 Å². The topological polar surface area (TPSA) is 55.6 Å². The first-order valence-corrected chi connectivity index (χ1v) is 7.58. The Bertz CT molecular complexity index is 261.